The van der Waals surface area contributed by atoms with Crippen LogP contribution in [0.3, 0.4) is 0 Å². The molecule has 1 aromatic carbocycles. The topological polar surface area (TPSA) is 25.4 Å². The molecule has 0 saturated carbocycles. The molecule has 0 amide bonds. The third-order valence-electron chi connectivity index (χ3n) is 4.36. The summed E-state index contributed by atoms with van der Waals surface area (Å²) in [5.41, 5.74) is 3.79. The van der Waals surface area contributed by atoms with Crippen LogP contribution in [0.2, 0.25) is 0 Å². The average molecular weight is 397 g/mol. The summed E-state index contributed by atoms with van der Waals surface area (Å²) in [7, 11) is 0. The molecular weight excluding hydrogens is 378 g/mol. The summed E-state index contributed by atoms with van der Waals surface area (Å²) < 4.78 is 30.3. The molecule has 1 atom stereocenters. The number of alkyl halides is 2. The molecule has 1 aromatic heterocycles. The zero-order chi connectivity index (χ0) is 17.1. The summed E-state index contributed by atoms with van der Waals surface area (Å²) in [5.74, 6) is 0.235. The van der Waals surface area contributed by atoms with E-state index in [1.54, 1.807) is 12.3 Å². The van der Waals surface area contributed by atoms with Crippen LogP contribution >= 0.6 is 15.9 Å². The highest BCUT2D eigenvalue weighted by Gasteiger charge is 2.22. The van der Waals surface area contributed by atoms with E-state index in [2.05, 4.69) is 50.9 Å². The fraction of sp³-hybridized carbons (Fsp3) is 0.389. The maximum absolute atomic E-state index is 12.2. The minimum absolute atomic E-state index is 0.203. The third-order valence-corrected chi connectivity index (χ3v) is 4.85. The van der Waals surface area contributed by atoms with Gasteiger partial charge in [-0.2, -0.15) is 0 Å². The minimum Gasteiger partial charge on any atom is -0.472 e. The van der Waals surface area contributed by atoms with Crippen LogP contribution in [0.4, 0.5) is 8.78 Å². The van der Waals surface area contributed by atoms with Crippen molar-refractivity contribution in [3.05, 3.63) is 57.7 Å². The zero-order valence-corrected chi connectivity index (χ0v) is 15.0. The van der Waals surface area contributed by atoms with E-state index >= 15 is 0 Å². The fourth-order valence-electron chi connectivity index (χ4n) is 2.96. The molecule has 0 spiro atoms. The van der Waals surface area contributed by atoms with Gasteiger partial charge in [0, 0.05) is 35.9 Å². The lowest BCUT2D eigenvalue weighted by Gasteiger charge is -2.34. The van der Waals surface area contributed by atoms with E-state index in [4.69, 9.17) is 4.74 Å². The van der Waals surface area contributed by atoms with Gasteiger partial charge in [0.15, 0.2) is 6.61 Å². The Hall–Kier alpha value is -1.53. The highest BCUT2D eigenvalue weighted by atomic mass is 79.9. The number of nitrogens with zero attached hydrogens (tertiary/aromatic N) is 2. The lowest BCUT2D eigenvalue weighted by molar-refractivity contribution is 0.0795. The van der Waals surface area contributed by atoms with E-state index < -0.39 is 13.0 Å². The molecule has 0 radical (unpaired) electrons. The molecule has 24 heavy (non-hydrogen) atoms. The lowest BCUT2D eigenvalue weighted by Crippen LogP contribution is -2.32. The van der Waals surface area contributed by atoms with E-state index in [1.165, 1.54) is 11.1 Å². The zero-order valence-electron chi connectivity index (χ0n) is 13.4. The van der Waals surface area contributed by atoms with Crippen LogP contribution in [-0.2, 0) is 13.0 Å². The van der Waals surface area contributed by atoms with Gasteiger partial charge < -0.3 is 4.74 Å². The van der Waals surface area contributed by atoms with Gasteiger partial charge in [0.2, 0.25) is 5.88 Å². The second kappa shape index (κ2) is 7.57. The van der Waals surface area contributed by atoms with Crippen molar-refractivity contribution in [1.82, 2.24) is 9.88 Å². The molecule has 0 fully saturated rings. The van der Waals surface area contributed by atoms with Crippen molar-refractivity contribution < 1.29 is 13.5 Å². The first-order chi connectivity index (χ1) is 11.5. The molecule has 0 saturated heterocycles. The van der Waals surface area contributed by atoms with Crippen molar-refractivity contribution in [2.24, 2.45) is 0 Å². The van der Waals surface area contributed by atoms with Gasteiger partial charge in [-0.3, -0.25) is 4.90 Å². The predicted molar refractivity (Wildman–Crippen MR) is 92.4 cm³/mol. The van der Waals surface area contributed by atoms with Gasteiger partial charge in [0.1, 0.15) is 0 Å². The van der Waals surface area contributed by atoms with Crippen LogP contribution in [-0.4, -0.2) is 29.5 Å². The summed E-state index contributed by atoms with van der Waals surface area (Å²) in [5, 5.41) is 0. The number of aromatic nitrogens is 1. The Morgan fingerprint density at radius 1 is 1.25 bits per heavy atom. The first kappa shape index (κ1) is 17.3. The van der Waals surface area contributed by atoms with Crippen LogP contribution in [0, 0.1) is 0 Å². The third kappa shape index (κ3) is 4.11. The van der Waals surface area contributed by atoms with Crippen LogP contribution in [0.15, 0.2) is 41.0 Å². The standard InChI is InChI=1S/C18H19BrF2N2O/c1-12(14-3-5-18(22-9-14)24-11-17(20)21)23-7-6-13-2-4-16(19)8-15(13)10-23/h2-5,8-9,12,17H,6-7,10-11H2,1H3. The fourth-order valence-corrected chi connectivity index (χ4v) is 3.37. The highest BCUT2D eigenvalue weighted by molar-refractivity contribution is 9.10. The van der Waals surface area contributed by atoms with E-state index in [0.29, 0.717) is 0 Å². The SMILES string of the molecule is CC(c1ccc(OCC(F)F)nc1)N1CCc2ccc(Br)cc2C1. The van der Waals surface area contributed by atoms with E-state index in [-0.39, 0.29) is 11.9 Å². The average Bonchev–Trinajstić information content (AvgIpc) is 2.59. The van der Waals surface area contributed by atoms with Gasteiger partial charge in [-0.05, 0) is 42.2 Å². The summed E-state index contributed by atoms with van der Waals surface area (Å²) in [6.45, 7) is 3.39. The summed E-state index contributed by atoms with van der Waals surface area (Å²) in [6, 6.07) is 10.2. The number of hydrogen-bond acceptors (Lipinski definition) is 3. The minimum atomic E-state index is -2.49. The molecule has 0 aliphatic carbocycles. The smallest absolute Gasteiger partial charge is 0.272 e. The molecule has 3 nitrogen and oxygen atoms in total. The largest absolute Gasteiger partial charge is 0.472 e. The van der Waals surface area contributed by atoms with Crippen LogP contribution in [0.1, 0.15) is 29.7 Å². The molecule has 1 aliphatic rings. The van der Waals surface area contributed by atoms with Crippen molar-refractivity contribution in [2.45, 2.75) is 32.4 Å². The summed E-state index contributed by atoms with van der Waals surface area (Å²) in [4.78, 5) is 6.53. The molecular formula is C18H19BrF2N2O. The first-order valence-electron chi connectivity index (χ1n) is 7.91. The Kier molecular flexibility index (Phi) is 5.46. The molecule has 3 rings (SSSR count). The summed E-state index contributed by atoms with van der Waals surface area (Å²) in [6.07, 6.45) is 0.246. The van der Waals surface area contributed by atoms with Gasteiger partial charge in [-0.15, -0.1) is 0 Å². The van der Waals surface area contributed by atoms with Gasteiger partial charge in [-0.25, -0.2) is 13.8 Å². The van der Waals surface area contributed by atoms with Crippen molar-refractivity contribution >= 4 is 15.9 Å². The quantitative estimate of drug-likeness (QED) is 0.737. The van der Waals surface area contributed by atoms with Gasteiger partial charge in [0.05, 0.1) is 0 Å². The Morgan fingerprint density at radius 3 is 2.79 bits per heavy atom. The molecule has 128 valence electrons. The van der Waals surface area contributed by atoms with Crippen LogP contribution in [0.5, 0.6) is 5.88 Å². The van der Waals surface area contributed by atoms with Gasteiger partial charge >= 0.3 is 0 Å². The predicted octanol–water partition coefficient (Wildman–Crippen LogP) is 4.61. The van der Waals surface area contributed by atoms with Crippen molar-refractivity contribution in [3.8, 4) is 5.88 Å². The maximum atomic E-state index is 12.2. The van der Waals surface area contributed by atoms with Crippen molar-refractivity contribution in [3.63, 3.8) is 0 Å². The van der Waals surface area contributed by atoms with Crippen LogP contribution in [0.25, 0.3) is 0 Å². The Labute approximate surface area is 148 Å². The normalized spacial score (nSPS) is 16.0. The van der Waals surface area contributed by atoms with E-state index in [1.807, 2.05) is 6.07 Å². The number of hydrogen-bond donors (Lipinski definition) is 0. The maximum Gasteiger partial charge on any atom is 0.272 e. The monoisotopic (exact) mass is 396 g/mol. The lowest BCUT2D eigenvalue weighted by atomic mass is 9.97. The number of halogens is 3. The van der Waals surface area contributed by atoms with Gasteiger partial charge in [-0.1, -0.05) is 28.1 Å². The molecule has 0 bridgehead atoms. The molecule has 6 heteroatoms. The molecule has 2 aromatic rings. The van der Waals surface area contributed by atoms with Gasteiger partial charge in [0.25, 0.3) is 6.43 Å². The van der Waals surface area contributed by atoms with Crippen LogP contribution < -0.4 is 4.74 Å². The number of benzene rings is 1. The number of fused-ring (bicyclic) bond motifs is 1. The second-order valence-corrected chi connectivity index (χ2v) is 6.86. The Bertz CT molecular complexity index is 694. The second-order valence-electron chi connectivity index (χ2n) is 5.94. The van der Waals surface area contributed by atoms with Crippen molar-refractivity contribution in [2.75, 3.05) is 13.2 Å². The first-order valence-corrected chi connectivity index (χ1v) is 8.70. The molecule has 2 heterocycles. The Balaban J connectivity index is 1.67. The number of pyridine rings is 1. The van der Waals surface area contributed by atoms with E-state index in [0.717, 1.165) is 29.5 Å². The molecule has 1 aliphatic heterocycles. The number of rotatable bonds is 5. The van der Waals surface area contributed by atoms with E-state index in [9.17, 15) is 8.78 Å². The summed E-state index contributed by atoms with van der Waals surface area (Å²) >= 11 is 3.53. The highest BCUT2D eigenvalue weighted by Crippen LogP contribution is 2.29. The number of ether oxygens (including phenoxy) is 1. The molecule has 0 N–H and O–H groups in total. The Morgan fingerprint density at radius 2 is 2.08 bits per heavy atom. The van der Waals surface area contributed by atoms with Crippen molar-refractivity contribution in [1.29, 1.82) is 0 Å². The molecule has 1 unspecified atom stereocenters.